The number of benzene rings is 2. The van der Waals surface area contributed by atoms with Gasteiger partial charge in [0.1, 0.15) is 15.7 Å². The van der Waals surface area contributed by atoms with Crippen LogP contribution in [0.15, 0.2) is 59.6 Å². The quantitative estimate of drug-likeness (QED) is 0.486. The molecule has 1 aliphatic carbocycles. The van der Waals surface area contributed by atoms with Gasteiger partial charge in [-0.1, -0.05) is 0 Å². The van der Waals surface area contributed by atoms with Gasteiger partial charge in [0, 0.05) is 35.6 Å². The summed E-state index contributed by atoms with van der Waals surface area (Å²) in [5.74, 6) is 0.583. The molecule has 0 saturated heterocycles. The fourth-order valence-corrected chi connectivity index (χ4v) is 4.10. The van der Waals surface area contributed by atoms with E-state index in [4.69, 9.17) is 4.78 Å². The van der Waals surface area contributed by atoms with Crippen LogP contribution in [0.1, 0.15) is 12.8 Å². The Hall–Kier alpha value is -2.78. The highest BCUT2D eigenvalue weighted by atomic mass is 32.2. The number of nitrogens with one attached hydrogen (secondary N) is 3. The van der Waals surface area contributed by atoms with Crippen molar-refractivity contribution in [2.24, 2.45) is 5.92 Å². The number of hydrogen-bond acceptors (Lipinski definition) is 5. The number of anilines is 2. The molecule has 3 aromatic rings. The monoisotopic (exact) mass is 418 g/mol. The van der Waals surface area contributed by atoms with E-state index in [1.165, 1.54) is 12.1 Å². The first-order valence-corrected chi connectivity index (χ1v) is 10.7. The first-order valence-electron chi connectivity index (χ1n) is 9.15. The van der Waals surface area contributed by atoms with Gasteiger partial charge in [0.2, 0.25) is 0 Å². The molecule has 1 aliphatic rings. The standard InChI is InChI=1S/C20H20F2N4O2S/c21-20(22)28-15-5-8-17-18(9-10-24-19(17)11-15)26-14-3-6-16(7-4-14)29(23,27)25-12-13-1-2-13/h3-11,13,20H,1-2,12H2,(H,24,26)(H2,23,25,27)/t29-/m0/s1. The summed E-state index contributed by atoms with van der Waals surface area (Å²) in [7, 11) is -3.02. The van der Waals surface area contributed by atoms with Crippen molar-refractivity contribution in [2.45, 2.75) is 24.3 Å². The first-order chi connectivity index (χ1) is 13.9. The number of aromatic nitrogens is 1. The van der Waals surface area contributed by atoms with Crippen molar-refractivity contribution in [1.29, 1.82) is 4.78 Å². The molecule has 0 spiro atoms. The molecule has 6 nitrogen and oxygen atoms in total. The zero-order valence-electron chi connectivity index (χ0n) is 15.4. The van der Waals surface area contributed by atoms with Crippen LogP contribution >= 0.6 is 0 Å². The fraction of sp³-hybridized carbons (Fsp3) is 0.250. The number of ether oxygens (including phenoxy) is 1. The molecule has 1 heterocycles. The van der Waals surface area contributed by atoms with Gasteiger partial charge < -0.3 is 10.1 Å². The molecule has 1 saturated carbocycles. The van der Waals surface area contributed by atoms with Gasteiger partial charge in [-0.3, -0.25) is 4.98 Å². The minimum Gasteiger partial charge on any atom is -0.435 e. The SMILES string of the molecule is N=[S@](=O)(NCC1CC1)c1ccc(Nc2ccnc3cc(OC(F)F)ccc23)cc1. The Morgan fingerprint density at radius 3 is 2.62 bits per heavy atom. The molecule has 1 atom stereocenters. The second-order valence-electron chi connectivity index (χ2n) is 6.91. The van der Waals surface area contributed by atoms with Gasteiger partial charge in [-0.25, -0.2) is 13.7 Å². The second kappa shape index (κ2) is 7.92. The molecular formula is C20H20F2N4O2S. The third kappa shape index (κ3) is 4.80. The van der Waals surface area contributed by atoms with Gasteiger partial charge in [-0.2, -0.15) is 8.78 Å². The largest absolute Gasteiger partial charge is 0.435 e. The van der Waals surface area contributed by atoms with E-state index < -0.39 is 16.5 Å². The molecule has 2 aromatic carbocycles. The van der Waals surface area contributed by atoms with Gasteiger partial charge in [0.05, 0.1) is 10.4 Å². The molecule has 0 unspecified atom stereocenters. The molecule has 29 heavy (non-hydrogen) atoms. The minimum atomic E-state index is -3.02. The lowest BCUT2D eigenvalue weighted by Crippen LogP contribution is -2.24. The molecular weight excluding hydrogens is 398 g/mol. The van der Waals surface area contributed by atoms with Gasteiger partial charge in [0.15, 0.2) is 0 Å². The molecule has 0 aliphatic heterocycles. The summed E-state index contributed by atoms with van der Waals surface area (Å²) in [6.07, 6.45) is 3.83. The van der Waals surface area contributed by atoms with Crippen molar-refractivity contribution in [3.63, 3.8) is 0 Å². The van der Waals surface area contributed by atoms with E-state index in [9.17, 15) is 13.0 Å². The lowest BCUT2D eigenvalue weighted by molar-refractivity contribution is -0.0497. The molecule has 0 amide bonds. The average Bonchev–Trinajstić information content (AvgIpc) is 3.51. The van der Waals surface area contributed by atoms with Gasteiger partial charge in [-0.05, 0) is 61.2 Å². The highest BCUT2D eigenvalue weighted by Gasteiger charge is 2.23. The van der Waals surface area contributed by atoms with Crippen molar-refractivity contribution in [2.75, 3.05) is 11.9 Å². The lowest BCUT2D eigenvalue weighted by Gasteiger charge is -2.13. The third-order valence-electron chi connectivity index (χ3n) is 4.68. The van der Waals surface area contributed by atoms with Gasteiger partial charge in [0.25, 0.3) is 0 Å². The summed E-state index contributed by atoms with van der Waals surface area (Å²) in [6, 6.07) is 13.2. The third-order valence-corrected chi connectivity index (χ3v) is 6.19. The Morgan fingerprint density at radius 1 is 1.17 bits per heavy atom. The van der Waals surface area contributed by atoms with E-state index in [-0.39, 0.29) is 5.75 Å². The minimum absolute atomic E-state index is 0.0467. The Balaban J connectivity index is 1.52. The van der Waals surface area contributed by atoms with Gasteiger partial charge in [-0.15, -0.1) is 0 Å². The average molecular weight is 418 g/mol. The van der Waals surface area contributed by atoms with Crippen LogP contribution in [-0.2, 0) is 9.92 Å². The number of hydrogen-bond donors (Lipinski definition) is 3. The molecule has 9 heteroatoms. The Bertz CT molecular complexity index is 1120. The summed E-state index contributed by atoms with van der Waals surface area (Å²) in [5, 5.41) is 3.99. The molecule has 1 fully saturated rings. The maximum atomic E-state index is 12.5. The lowest BCUT2D eigenvalue weighted by atomic mass is 10.1. The Labute approximate surface area is 167 Å². The van der Waals surface area contributed by atoms with Crippen molar-refractivity contribution in [3.8, 4) is 5.75 Å². The molecule has 0 bridgehead atoms. The predicted octanol–water partition coefficient (Wildman–Crippen LogP) is 4.90. The van der Waals surface area contributed by atoms with E-state index >= 15 is 0 Å². The summed E-state index contributed by atoms with van der Waals surface area (Å²) in [6.45, 7) is -2.29. The molecule has 1 aromatic heterocycles. The molecule has 0 radical (unpaired) electrons. The van der Waals surface area contributed by atoms with Crippen LogP contribution in [-0.4, -0.2) is 22.3 Å². The van der Waals surface area contributed by atoms with E-state index in [1.807, 2.05) is 0 Å². The molecule has 152 valence electrons. The van der Waals surface area contributed by atoms with Crippen molar-refractivity contribution < 1.29 is 17.7 Å². The zero-order chi connectivity index (χ0) is 20.4. The number of halogens is 2. The van der Waals surface area contributed by atoms with Crippen molar-refractivity contribution in [3.05, 3.63) is 54.7 Å². The van der Waals surface area contributed by atoms with E-state index in [1.54, 1.807) is 42.6 Å². The zero-order valence-corrected chi connectivity index (χ0v) is 16.2. The van der Waals surface area contributed by atoms with Gasteiger partial charge >= 0.3 is 6.61 Å². The maximum absolute atomic E-state index is 12.5. The number of alkyl halides is 2. The van der Waals surface area contributed by atoms with Crippen LogP contribution in [0.3, 0.4) is 0 Å². The Kier molecular flexibility index (Phi) is 5.33. The summed E-state index contributed by atoms with van der Waals surface area (Å²) in [4.78, 5) is 4.63. The van der Waals surface area contributed by atoms with Crippen molar-refractivity contribution >= 4 is 32.2 Å². The van der Waals surface area contributed by atoms with E-state index in [0.717, 1.165) is 29.6 Å². The number of rotatable bonds is 8. The molecule has 3 N–H and O–H groups in total. The van der Waals surface area contributed by atoms with Crippen LogP contribution in [0.25, 0.3) is 10.9 Å². The fourth-order valence-electron chi connectivity index (χ4n) is 2.94. The first kappa shape index (κ1) is 19.5. The highest BCUT2D eigenvalue weighted by Crippen LogP contribution is 2.30. The normalized spacial score (nSPS) is 16.0. The topological polar surface area (TPSA) is 87.1 Å². The van der Waals surface area contributed by atoms with Crippen LogP contribution < -0.4 is 14.8 Å². The summed E-state index contributed by atoms with van der Waals surface area (Å²) in [5.41, 5.74) is 2.00. The predicted molar refractivity (Wildman–Crippen MR) is 108 cm³/mol. The number of fused-ring (bicyclic) bond motifs is 1. The Morgan fingerprint density at radius 2 is 1.93 bits per heavy atom. The number of nitrogens with zero attached hydrogens (tertiary/aromatic N) is 1. The van der Waals surface area contributed by atoms with Crippen LogP contribution in [0.4, 0.5) is 20.2 Å². The second-order valence-corrected chi connectivity index (χ2v) is 8.79. The smallest absolute Gasteiger partial charge is 0.387 e. The van der Waals surface area contributed by atoms with Crippen LogP contribution in [0.5, 0.6) is 5.75 Å². The van der Waals surface area contributed by atoms with E-state index in [0.29, 0.717) is 22.9 Å². The van der Waals surface area contributed by atoms with E-state index in [2.05, 4.69) is 19.8 Å². The van der Waals surface area contributed by atoms with Crippen LogP contribution in [0.2, 0.25) is 0 Å². The summed E-state index contributed by atoms with van der Waals surface area (Å²) >= 11 is 0. The number of pyridine rings is 1. The van der Waals surface area contributed by atoms with Crippen LogP contribution in [0, 0.1) is 10.7 Å². The molecule has 4 rings (SSSR count). The highest BCUT2D eigenvalue weighted by molar-refractivity contribution is 7.90. The summed E-state index contributed by atoms with van der Waals surface area (Å²) < 4.78 is 52.7. The maximum Gasteiger partial charge on any atom is 0.387 e. The van der Waals surface area contributed by atoms with Crippen molar-refractivity contribution in [1.82, 2.24) is 9.71 Å².